The van der Waals surface area contributed by atoms with Crippen LogP contribution in [0.5, 0.6) is 5.75 Å². The van der Waals surface area contributed by atoms with Gasteiger partial charge in [-0.1, -0.05) is 12.1 Å². The average molecular weight is 345 g/mol. The van der Waals surface area contributed by atoms with Crippen molar-refractivity contribution in [2.45, 2.75) is 38.4 Å². The third kappa shape index (κ3) is 6.78. The molecule has 1 atom stereocenters. The lowest BCUT2D eigenvalue weighted by molar-refractivity contribution is -0.153. The zero-order chi connectivity index (χ0) is 17.6. The Morgan fingerprint density at radius 3 is 2.79 bits per heavy atom. The second-order valence-electron chi connectivity index (χ2n) is 6.22. The van der Waals surface area contributed by atoms with Crippen LogP contribution >= 0.6 is 0 Å². The second kappa shape index (κ2) is 8.37. The van der Waals surface area contributed by atoms with E-state index in [1.165, 1.54) is 6.07 Å². The smallest absolute Gasteiger partial charge is 0.422 e. The van der Waals surface area contributed by atoms with Crippen molar-refractivity contribution in [1.29, 1.82) is 0 Å². The number of ether oxygens (including phenoxy) is 1. The summed E-state index contributed by atoms with van der Waals surface area (Å²) in [6.07, 6.45) is -1.48. The van der Waals surface area contributed by atoms with Crippen LogP contribution in [0.3, 0.4) is 0 Å². The molecule has 7 heteroatoms. The van der Waals surface area contributed by atoms with Gasteiger partial charge in [0.1, 0.15) is 5.75 Å². The van der Waals surface area contributed by atoms with Gasteiger partial charge >= 0.3 is 12.1 Å². The molecule has 0 spiro atoms. The SMILES string of the molecule is O=C(O)C[C@@H]1CCCN(Cc2cccc(OCC(F)(F)F)c2)CC1. The Labute approximate surface area is 139 Å². The largest absolute Gasteiger partial charge is 0.484 e. The van der Waals surface area contributed by atoms with E-state index in [4.69, 9.17) is 9.84 Å². The first-order chi connectivity index (χ1) is 11.3. The fourth-order valence-corrected chi connectivity index (χ4v) is 2.99. The van der Waals surface area contributed by atoms with Crippen molar-refractivity contribution in [3.63, 3.8) is 0 Å². The maximum absolute atomic E-state index is 12.2. The molecule has 4 nitrogen and oxygen atoms in total. The number of halogens is 3. The van der Waals surface area contributed by atoms with Gasteiger partial charge in [-0.2, -0.15) is 13.2 Å². The van der Waals surface area contributed by atoms with Crippen molar-refractivity contribution in [3.05, 3.63) is 29.8 Å². The van der Waals surface area contributed by atoms with Crippen LogP contribution in [0.25, 0.3) is 0 Å². The van der Waals surface area contributed by atoms with Gasteiger partial charge in [0.2, 0.25) is 0 Å². The van der Waals surface area contributed by atoms with Gasteiger partial charge < -0.3 is 9.84 Å². The summed E-state index contributed by atoms with van der Waals surface area (Å²) < 4.78 is 41.4. The summed E-state index contributed by atoms with van der Waals surface area (Å²) in [5, 5.41) is 8.89. The molecule has 0 radical (unpaired) electrons. The van der Waals surface area contributed by atoms with Gasteiger partial charge in [0.25, 0.3) is 0 Å². The minimum absolute atomic E-state index is 0.203. The lowest BCUT2D eigenvalue weighted by Gasteiger charge is -2.20. The molecule has 0 aromatic heterocycles. The highest BCUT2D eigenvalue weighted by Gasteiger charge is 2.28. The zero-order valence-corrected chi connectivity index (χ0v) is 13.4. The molecule has 1 aromatic carbocycles. The number of alkyl halides is 3. The topological polar surface area (TPSA) is 49.8 Å². The fraction of sp³-hybridized carbons (Fsp3) is 0.588. The number of likely N-dealkylation sites (tertiary alicyclic amines) is 1. The van der Waals surface area contributed by atoms with Crippen molar-refractivity contribution >= 4 is 5.97 Å². The van der Waals surface area contributed by atoms with Crippen LogP contribution in [0.15, 0.2) is 24.3 Å². The molecule has 134 valence electrons. The predicted molar refractivity (Wildman–Crippen MR) is 82.9 cm³/mol. The molecule has 1 saturated heterocycles. The van der Waals surface area contributed by atoms with Crippen LogP contribution in [0.2, 0.25) is 0 Å². The zero-order valence-electron chi connectivity index (χ0n) is 13.4. The van der Waals surface area contributed by atoms with Crippen molar-refractivity contribution in [2.75, 3.05) is 19.7 Å². The Kier molecular flexibility index (Phi) is 6.48. The Morgan fingerprint density at radius 2 is 2.08 bits per heavy atom. The normalized spacial score (nSPS) is 19.7. The van der Waals surface area contributed by atoms with E-state index in [0.29, 0.717) is 6.54 Å². The van der Waals surface area contributed by atoms with Gasteiger partial charge in [-0.3, -0.25) is 9.69 Å². The summed E-state index contributed by atoms with van der Waals surface area (Å²) in [5.41, 5.74) is 0.895. The lowest BCUT2D eigenvalue weighted by Crippen LogP contribution is -2.24. The highest BCUT2D eigenvalue weighted by atomic mass is 19.4. The Balaban J connectivity index is 1.88. The first-order valence-corrected chi connectivity index (χ1v) is 8.04. The molecular formula is C17H22F3NO3. The molecule has 0 bridgehead atoms. The van der Waals surface area contributed by atoms with E-state index in [9.17, 15) is 18.0 Å². The average Bonchev–Trinajstić information content (AvgIpc) is 2.70. The van der Waals surface area contributed by atoms with Crippen LogP contribution in [0, 0.1) is 5.92 Å². The van der Waals surface area contributed by atoms with Gasteiger partial charge in [-0.05, 0) is 56.0 Å². The third-order valence-electron chi connectivity index (χ3n) is 4.11. The number of carbonyl (C=O) groups is 1. The summed E-state index contributed by atoms with van der Waals surface area (Å²) in [6.45, 7) is 0.995. The molecule has 0 amide bonds. The number of benzene rings is 1. The lowest BCUT2D eigenvalue weighted by atomic mass is 9.97. The van der Waals surface area contributed by atoms with Crippen LogP contribution < -0.4 is 4.74 Å². The van der Waals surface area contributed by atoms with Crippen LogP contribution in [0.4, 0.5) is 13.2 Å². The minimum Gasteiger partial charge on any atom is -0.484 e. The molecule has 1 aliphatic heterocycles. The Hall–Kier alpha value is -1.76. The number of aliphatic carboxylic acids is 1. The van der Waals surface area contributed by atoms with E-state index in [1.54, 1.807) is 12.1 Å². The summed E-state index contributed by atoms with van der Waals surface area (Å²) in [7, 11) is 0. The molecule has 1 N–H and O–H groups in total. The predicted octanol–water partition coefficient (Wildman–Crippen LogP) is 3.70. The van der Waals surface area contributed by atoms with Gasteiger partial charge in [0, 0.05) is 13.0 Å². The summed E-state index contributed by atoms with van der Waals surface area (Å²) >= 11 is 0. The second-order valence-corrected chi connectivity index (χ2v) is 6.22. The van der Waals surface area contributed by atoms with E-state index in [2.05, 4.69) is 4.90 Å². The van der Waals surface area contributed by atoms with Crippen molar-refractivity contribution in [3.8, 4) is 5.75 Å². The van der Waals surface area contributed by atoms with E-state index in [-0.39, 0.29) is 18.1 Å². The first kappa shape index (κ1) is 18.6. The van der Waals surface area contributed by atoms with Crippen LogP contribution in [-0.2, 0) is 11.3 Å². The fourth-order valence-electron chi connectivity index (χ4n) is 2.99. The van der Waals surface area contributed by atoms with E-state index < -0.39 is 18.8 Å². The molecular weight excluding hydrogens is 323 g/mol. The van der Waals surface area contributed by atoms with E-state index in [1.807, 2.05) is 6.07 Å². The van der Waals surface area contributed by atoms with Crippen LogP contribution in [-0.4, -0.2) is 41.8 Å². The molecule has 0 unspecified atom stereocenters. The standard InChI is InChI=1S/C17H22F3NO3/c18-17(19,20)12-24-15-5-1-3-14(9-15)11-21-7-2-4-13(6-8-21)10-16(22)23/h1,3,5,9,13H,2,4,6-8,10-12H2,(H,22,23)/t13-/m1/s1. The van der Waals surface area contributed by atoms with E-state index >= 15 is 0 Å². The molecule has 1 fully saturated rings. The quantitative estimate of drug-likeness (QED) is 0.854. The molecule has 24 heavy (non-hydrogen) atoms. The molecule has 0 saturated carbocycles. The Morgan fingerprint density at radius 1 is 1.29 bits per heavy atom. The number of hydrogen-bond donors (Lipinski definition) is 1. The van der Waals surface area contributed by atoms with Gasteiger partial charge in [-0.15, -0.1) is 0 Å². The highest BCUT2D eigenvalue weighted by molar-refractivity contribution is 5.67. The molecule has 1 aliphatic rings. The number of carboxylic acid groups (broad SMARTS) is 1. The summed E-state index contributed by atoms with van der Waals surface area (Å²) in [4.78, 5) is 13.0. The molecule has 0 aliphatic carbocycles. The number of carboxylic acids is 1. The monoisotopic (exact) mass is 345 g/mol. The van der Waals surface area contributed by atoms with Crippen molar-refractivity contribution in [1.82, 2.24) is 4.90 Å². The van der Waals surface area contributed by atoms with E-state index in [0.717, 1.165) is 37.9 Å². The molecule has 2 rings (SSSR count). The maximum Gasteiger partial charge on any atom is 0.422 e. The van der Waals surface area contributed by atoms with Gasteiger partial charge in [0.15, 0.2) is 6.61 Å². The number of hydrogen-bond acceptors (Lipinski definition) is 3. The van der Waals surface area contributed by atoms with Crippen LogP contribution in [0.1, 0.15) is 31.2 Å². The number of rotatable bonds is 6. The van der Waals surface area contributed by atoms with Crippen molar-refractivity contribution < 1.29 is 27.8 Å². The Bertz CT molecular complexity index is 548. The van der Waals surface area contributed by atoms with Crippen molar-refractivity contribution in [2.24, 2.45) is 5.92 Å². The van der Waals surface area contributed by atoms with Gasteiger partial charge in [0.05, 0.1) is 0 Å². The maximum atomic E-state index is 12.2. The summed E-state index contributed by atoms with van der Waals surface area (Å²) in [5.74, 6) is -0.347. The first-order valence-electron chi connectivity index (χ1n) is 8.04. The highest BCUT2D eigenvalue weighted by Crippen LogP contribution is 2.23. The summed E-state index contributed by atoms with van der Waals surface area (Å²) in [6, 6.07) is 6.69. The minimum atomic E-state index is -4.35. The number of nitrogens with zero attached hydrogens (tertiary/aromatic N) is 1. The molecule has 1 aromatic rings. The molecule has 1 heterocycles. The third-order valence-corrected chi connectivity index (χ3v) is 4.11. The van der Waals surface area contributed by atoms with Gasteiger partial charge in [-0.25, -0.2) is 0 Å².